The minimum Gasteiger partial charge on any atom is -0.481 e. The van der Waals surface area contributed by atoms with E-state index in [9.17, 15) is 19.2 Å². The smallest absolute Gasteiger partial charge is 0.303 e. The van der Waals surface area contributed by atoms with Crippen molar-refractivity contribution >= 4 is 46.0 Å². The number of carbonyl (C=O) groups excluding carboxylic acids is 3. The van der Waals surface area contributed by atoms with E-state index in [0.717, 1.165) is 24.5 Å². The molecule has 0 saturated carbocycles. The maximum atomic E-state index is 12.4. The van der Waals surface area contributed by atoms with Crippen LogP contribution >= 0.6 is 11.3 Å². The molecule has 6 N–H and O–H groups in total. The Kier molecular flexibility index (Phi) is 9.92. The number of aliphatic carboxylic acids is 1. The van der Waals surface area contributed by atoms with Crippen LogP contribution in [-0.4, -0.2) is 67.0 Å². The molecule has 0 fully saturated rings. The normalized spacial score (nSPS) is 14.0. The summed E-state index contributed by atoms with van der Waals surface area (Å²) in [6.07, 6.45) is 0.662. The molecule has 1 aromatic heterocycles. The minimum absolute atomic E-state index is 0.0452. The molecule has 11 nitrogen and oxygen atoms in total. The zero-order valence-electron chi connectivity index (χ0n) is 18.2. The van der Waals surface area contributed by atoms with E-state index in [1.54, 1.807) is 11.4 Å². The standard InChI is InChI=1S/C20H30N6O5S/c1-12(2)9-23-19(31)14(4-5-17(28)29)25-15(27)10-24-18(30)13-8-16(32-11-13)26-20-21-6-3-7-22-20/h8,11-12,14H,3-7,9-10H2,1-2H3,(H,23,31)(H,24,30)(H,25,27)(H,28,29)(H2,21,22,26). The van der Waals surface area contributed by atoms with Gasteiger partial charge in [0.25, 0.3) is 5.91 Å². The van der Waals surface area contributed by atoms with Gasteiger partial charge >= 0.3 is 5.97 Å². The van der Waals surface area contributed by atoms with E-state index in [0.29, 0.717) is 18.1 Å². The Labute approximate surface area is 190 Å². The first-order valence-corrected chi connectivity index (χ1v) is 11.3. The van der Waals surface area contributed by atoms with Crippen LogP contribution in [0.1, 0.15) is 43.5 Å². The molecule has 176 valence electrons. The Morgan fingerprint density at radius 1 is 1.25 bits per heavy atom. The van der Waals surface area contributed by atoms with E-state index in [4.69, 9.17) is 5.11 Å². The fraction of sp³-hybridized carbons (Fsp3) is 0.550. The van der Waals surface area contributed by atoms with Gasteiger partial charge in [0.15, 0.2) is 5.96 Å². The van der Waals surface area contributed by atoms with Crippen molar-refractivity contribution < 1.29 is 24.3 Å². The topological polar surface area (TPSA) is 161 Å². The molecule has 12 heteroatoms. The van der Waals surface area contributed by atoms with Gasteiger partial charge < -0.3 is 31.7 Å². The maximum Gasteiger partial charge on any atom is 0.303 e. The molecule has 2 heterocycles. The number of guanidine groups is 1. The van der Waals surface area contributed by atoms with Crippen molar-refractivity contribution in [2.45, 2.75) is 39.2 Å². The van der Waals surface area contributed by atoms with Gasteiger partial charge in [-0.15, -0.1) is 11.3 Å². The second kappa shape index (κ2) is 12.6. The number of hydrogen-bond donors (Lipinski definition) is 6. The quantitative estimate of drug-likeness (QED) is 0.274. The van der Waals surface area contributed by atoms with E-state index in [1.807, 2.05) is 13.8 Å². The summed E-state index contributed by atoms with van der Waals surface area (Å²) in [6.45, 7) is 5.49. The van der Waals surface area contributed by atoms with E-state index < -0.39 is 29.7 Å². The van der Waals surface area contributed by atoms with Gasteiger partial charge in [0.1, 0.15) is 6.04 Å². The predicted octanol–water partition coefficient (Wildman–Crippen LogP) is 0.361. The lowest BCUT2D eigenvalue weighted by molar-refractivity contribution is -0.137. The molecule has 0 spiro atoms. The second-order valence-electron chi connectivity index (χ2n) is 7.71. The molecule has 0 radical (unpaired) electrons. The number of hydrogen-bond acceptors (Lipinski definition) is 8. The van der Waals surface area contributed by atoms with Crippen LogP contribution in [-0.2, 0) is 14.4 Å². The summed E-state index contributed by atoms with van der Waals surface area (Å²) < 4.78 is 0. The van der Waals surface area contributed by atoms with Crippen molar-refractivity contribution in [3.8, 4) is 0 Å². The summed E-state index contributed by atoms with van der Waals surface area (Å²) in [4.78, 5) is 52.1. The van der Waals surface area contributed by atoms with Crippen LogP contribution in [0.25, 0.3) is 0 Å². The van der Waals surface area contributed by atoms with Crippen molar-refractivity contribution in [3.05, 3.63) is 17.0 Å². The van der Waals surface area contributed by atoms with Crippen molar-refractivity contribution in [1.29, 1.82) is 0 Å². The zero-order chi connectivity index (χ0) is 23.5. The molecular weight excluding hydrogens is 436 g/mol. The molecule has 1 atom stereocenters. The van der Waals surface area contributed by atoms with Crippen molar-refractivity contribution in [3.63, 3.8) is 0 Å². The van der Waals surface area contributed by atoms with Crippen molar-refractivity contribution in [1.82, 2.24) is 21.3 Å². The molecule has 3 amide bonds. The number of thiophene rings is 1. The third-order valence-electron chi connectivity index (χ3n) is 4.39. The number of carbonyl (C=O) groups is 4. The number of nitrogens with zero attached hydrogens (tertiary/aromatic N) is 1. The van der Waals surface area contributed by atoms with Gasteiger partial charge in [-0.25, -0.2) is 0 Å². The molecule has 1 aliphatic rings. The number of carboxylic acid groups (broad SMARTS) is 1. The Hall–Kier alpha value is -3.15. The van der Waals surface area contributed by atoms with E-state index in [1.165, 1.54) is 11.3 Å². The molecule has 0 aliphatic carbocycles. The van der Waals surface area contributed by atoms with Crippen LogP contribution in [0.2, 0.25) is 0 Å². The molecule has 1 aromatic rings. The molecule has 0 saturated heterocycles. The number of rotatable bonds is 11. The average molecular weight is 467 g/mol. The highest BCUT2D eigenvalue weighted by Gasteiger charge is 2.22. The molecule has 32 heavy (non-hydrogen) atoms. The van der Waals surface area contributed by atoms with Crippen LogP contribution in [0, 0.1) is 5.92 Å². The van der Waals surface area contributed by atoms with E-state index >= 15 is 0 Å². The van der Waals surface area contributed by atoms with Gasteiger partial charge in [0.2, 0.25) is 11.8 Å². The van der Waals surface area contributed by atoms with Crippen LogP contribution < -0.4 is 26.6 Å². The first-order chi connectivity index (χ1) is 15.2. The lowest BCUT2D eigenvalue weighted by Gasteiger charge is -2.18. The summed E-state index contributed by atoms with van der Waals surface area (Å²) in [5.41, 5.74) is 0.388. The molecular formula is C20H30N6O5S. The van der Waals surface area contributed by atoms with Gasteiger partial charge in [-0.05, 0) is 24.8 Å². The Morgan fingerprint density at radius 2 is 2.03 bits per heavy atom. The second-order valence-corrected chi connectivity index (χ2v) is 8.62. The van der Waals surface area contributed by atoms with Gasteiger partial charge in [-0.3, -0.25) is 24.2 Å². The van der Waals surface area contributed by atoms with Gasteiger partial charge in [-0.2, -0.15) is 0 Å². The first-order valence-electron chi connectivity index (χ1n) is 10.5. The number of anilines is 1. The summed E-state index contributed by atoms with van der Waals surface area (Å²) in [5, 5.41) is 25.2. The highest BCUT2D eigenvalue weighted by Crippen LogP contribution is 2.20. The SMILES string of the molecule is CC(C)CNC(=O)C(CCC(=O)O)NC(=O)CNC(=O)c1csc(NC2=NCCCN2)c1. The van der Waals surface area contributed by atoms with Gasteiger partial charge in [-0.1, -0.05) is 13.8 Å². The predicted molar refractivity (Wildman–Crippen MR) is 122 cm³/mol. The fourth-order valence-corrected chi connectivity index (χ4v) is 3.51. The van der Waals surface area contributed by atoms with E-state index in [2.05, 4.69) is 31.6 Å². The molecule has 0 bridgehead atoms. The van der Waals surface area contributed by atoms with Crippen LogP contribution in [0.3, 0.4) is 0 Å². The fourth-order valence-electron chi connectivity index (χ4n) is 2.73. The molecule has 1 aliphatic heterocycles. The van der Waals surface area contributed by atoms with Crippen molar-refractivity contribution in [2.24, 2.45) is 10.9 Å². The summed E-state index contributed by atoms with van der Waals surface area (Å²) in [5.74, 6) is -1.66. The molecule has 2 rings (SSSR count). The first kappa shape index (κ1) is 25.1. The van der Waals surface area contributed by atoms with Gasteiger partial charge in [0, 0.05) is 31.4 Å². The third-order valence-corrected chi connectivity index (χ3v) is 5.24. The van der Waals surface area contributed by atoms with Crippen LogP contribution in [0.5, 0.6) is 0 Å². The third kappa shape index (κ3) is 8.92. The number of nitrogens with one attached hydrogen (secondary N) is 5. The summed E-state index contributed by atoms with van der Waals surface area (Å²) in [7, 11) is 0. The lowest BCUT2D eigenvalue weighted by Crippen LogP contribution is -2.50. The minimum atomic E-state index is -1.06. The highest BCUT2D eigenvalue weighted by atomic mass is 32.1. The monoisotopic (exact) mass is 466 g/mol. The average Bonchev–Trinajstić information content (AvgIpc) is 3.22. The maximum absolute atomic E-state index is 12.4. The molecule has 0 aromatic carbocycles. The highest BCUT2D eigenvalue weighted by molar-refractivity contribution is 7.14. The molecule has 1 unspecified atom stereocenters. The summed E-state index contributed by atoms with van der Waals surface area (Å²) >= 11 is 1.34. The Bertz CT molecular complexity index is 853. The van der Waals surface area contributed by atoms with Crippen LogP contribution in [0.15, 0.2) is 16.4 Å². The number of amides is 3. The van der Waals surface area contributed by atoms with Gasteiger partial charge in [0.05, 0.1) is 17.1 Å². The van der Waals surface area contributed by atoms with Crippen molar-refractivity contribution in [2.75, 3.05) is 31.5 Å². The largest absolute Gasteiger partial charge is 0.481 e. The number of aliphatic imine (C=N–C) groups is 1. The zero-order valence-corrected chi connectivity index (χ0v) is 19.0. The lowest BCUT2D eigenvalue weighted by atomic mass is 10.1. The van der Waals surface area contributed by atoms with Crippen LogP contribution in [0.4, 0.5) is 5.00 Å². The van der Waals surface area contributed by atoms with E-state index in [-0.39, 0.29) is 25.3 Å². The Morgan fingerprint density at radius 3 is 2.69 bits per heavy atom. The number of carboxylic acids is 1. The Balaban J connectivity index is 1.84. The summed E-state index contributed by atoms with van der Waals surface area (Å²) in [6, 6.07) is 0.668.